The largest absolute Gasteiger partial charge is 0.341 e. The number of hydrogen-bond donors (Lipinski definition) is 1. The summed E-state index contributed by atoms with van der Waals surface area (Å²) in [4.78, 5) is 18.4. The van der Waals surface area contributed by atoms with Crippen molar-refractivity contribution in [3.8, 4) is 0 Å². The zero-order valence-electron chi connectivity index (χ0n) is 12.9. The van der Waals surface area contributed by atoms with Crippen molar-refractivity contribution in [1.82, 2.24) is 15.0 Å². The lowest BCUT2D eigenvalue weighted by molar-refractivity contribution is -0.134. The van der Waals surface area contributed by atoms with Crippen LogP contribution in [0.2, 0.25) is 0 Å². The highest BCUT2D eigenvalue weighted by Crippen LogP contribution is 2.27. The molecule has 120 valence electrons. The average molecular weight is 317 g/mol. The molecule has 1 atom stereocenters. The van der Waals surface area contributed by atoms with E-state index in [1.807, 2.05) is 11.8 Å². The molecule has 2 heterocycles. The van der Waals surface area contributed by atoms with Crippen LogP contribution in [0, 0.1) is 12.8 Å². The van der Waals surface area contributed by atoms with Gasteiger partial charge in [-0.05, 0) is 32.1 Å². The smallest absolute Gasteiger partial charge is 0.239 e. The summed E-state index contributed by atoms with van der Waals surface area (Å²) >= 11 is 0. The van der Waals surface area contributed by atoms with E-state index in [2.05, 4.69) is 24.0 Å². The van der Waals surface area contributed by atoms with Crippen LogP contribution in [0.5, 0.6) is 0 Å². The summed E-state index contributed by atoms with van der Waals surface area (Å²) in [7, 11) is 0. The van der Waals surface area contributed by atoms with Crippen molar-refractivity contribution in [2.45, 2.75) is 52.0 Å². The average Bonchev–Trinajstić information content (AvgIpc) is 2.84. The van der Waals surface area contributed by atoms with E-state index >= 15 is 0 Å². The van der Waals surface area contributed by atoms with E-state index < -0.39 is 0 Å². The molecule has 7 heteroatoms. The second kappa shape index (κ2) is 7.75. The lowest BCUT2D eigenvalue weighted by Gasteiger charge is -2.32. The molecule has 0 bridgehead atoms. The minimum absolute atomic E-state index is 0. The summed E-state index contributed by atoms with van der Waals surface area (Å²) in [5.41, 5.74) is 5.97. The quantitative estimate of drug-likeness (QED) is 0.916. The van der Waals surface area contributed by atoms with Gasteiger partial charge in [0, 0.05) is 19.0 Å². The molecular weight excluding hydrogens is 292 g/mol. The predicted octanol–water partition coefficient (Wildman–Crippen LogP) is 1.88. The van der Waals surface area contributed by atoms with Gasteiger partial charge in [-0.1, -0.05) is 19.0 Å². The van der Waals surface area contributed by atoms with Gasteiger partial charge in [-0.3, -0.25) is 4.79 Å². The number of amides is 1. The number of rotatable bonds is 4. The first kappa shape index (κ1) is 17.9. The Bertz CT molecular complexity index is 456. The van der Waals surface area contributed by atoms with E-state index in [4.69, 9.17) is 10.3 Å². The zero-order valence-corrected chi connectivity index (χ0v) is 13.7. The maximum absolute atomic E-state index is 12.2. The Labute approximate surface area is 131 Å². The van der Waals surface area contributed by atoms with Crippen molar-refractivity contribution >= 4 is 18.3 Å². The molecule has 1 aromatic heterocycles. The lowest BCUT2D eigenvalue weighted by Crippen LogP contribution is -2.47. The fourth-order valence-corrected chi connectivity index (χ4v) is 2.67. The SMILES string of the molecule is Cc1noc(C2CCN(C(=O)[C@@H](N)CC(C)C)CC2)n1.Cl. The van der Waals surface area contributed by atoms with Gasteiger partial charge in [-0.25, -0.2) is 0 Å². The molecule has 1 fully saturated rings. The van der Waals surface area contributed by atoms with E-state index in [9.17, 15) is 4.79 Å². The van der Waals surface area contributed by atoms with Crippen LogP contribution in [-0.4, -0.2) is 40.1 Å². The van der Waals surface area contributed by atoms with Crippen molar-refractivity contribution in [2.24, 2.45) is 11.7 Å². The number of carbonyl (C=O) groups is 1. The number of aryl methyl sites for hydroxylation is 1. The van der Waals surface area contributed by atoms with Crippen molar-refractivity contribution in [2.75, 3.05) is 13.1 Å². The van der Waals surface area contributed by atoms with Gasteiger partial charge in [0.1, 0.15) is 0 Å². The summed E-state index contributed by atoms with van der Waals surface area (Å²) in [5.74, 6) is 2.13. The molecule has 0 aromatic carbocycles. The zero-order chi connectivity index (χ0) is 14.7. The first-order chi connectivity index (χ1) is 9.47. The number of likely N-dealkylation sites (tertiary alicyclic amines) is 1. The molecule has 21 heavy (non-hydrogen) atoms. The Kier molecular flexibility index (Phi) is 6.61. The third kappa shape index (κ3) is 4.68. The molecule has 1 saturated heterocycles. The fraction of sp³-hybridized carbons (Fsp3) is 0.786. The van der Waals surface area contributed by atoms with E-state index in [1.165, 1.54) is 0 Å². The standard InChI is InChI=1S/C14H24N4O2.ClH/c1-9(2)8-12(15)14(19)18-6-4-11(5-7-18)13-16-10(3)17-20-13;/h9,11-12H,4-8,15H2,1-3H3;1H/t12-;/m0./s1. The van der Waals surface area contributed by atoms with Crippen LogP contribution in [0.15, 0.2) is 4.52 Å². The number of nitrogens with zero attached hydrogens (tertiary/aromatic N) is 3. The Morgan fingerprint density at radius 3 is 2.52 bits per heavy atom. The highest BCUT2D eigenvalue weighted by atomic mass is 35.5. The van der Waals surface area contributed by atoms with Crippen LogP contribution in [0.3, 0.4) is 0 Å². The van der Waals surface area contributed by atoms with Crippen molar-refractivity contribution in [1.29, 1.82) is 0 Å². The molecular formula is C14H25ClN4O2. The van der Waals surface area contributed by atoms with Gasteiger partial charge < -0.3 is 15.2 Å². The molecule has 0 radical (unpaired) electrons. The number of aromatic nitrogens is 2. The van der Waals surface area contributed by atoms with E-state index in [0.29, 0.717) is 17.6 Å². The number of hydrogen-bond acceptors (Lipinski definition) is 5. The molecule has 1 amide bonds. The number of piperidine rings is 1. The van der Waals surface area contributed by atoms with Crippen LogP contribution in [0.4, 0.5) is 0 Å². The fourth-order valence-electron chi connectivity index (χ4n) is 2.67. The monoisotopic (exact) mass is 316 g/mol. The van der Waals surface area contributed by atoms with Gasteiger partial charge in [0.25, 0.3) is 0 Å². The van der Waals surface area contributed by atoms with Crippen molar-refractivity contribution in [3.63, 3.8) is 0 Å². The number of carbonyl (C=O) groups excluding carboxylic acids is 1. The second-order valence-corrected chi connectivity index (χ2v) is 6.02. The third-order valence-corrected chi connectivity index (χ3v) is 3.74. The second-order valence-electron chi connectivity index (χ2n) is 6.02. The summed E-state index contributed by atoms with van der Waals surface area (Å²) in [6.45, 7) is 7.42. The van der Waals surface area contributed by atoms with Crippen LogP contribution in [-0.2, 0) is 4.79 Å². The first-order valence-electron chi connectivity index (χ1n) is 7.32. The minimum atomic E-state index is -0.378. The molecule has 0 aliphatic carbocycles. The molecule has 2 N–H and O–H groups in total. The summed E-state index contributed by atoms with van der Waals surface area (Å²) in [6, 6.07) is -0.378. The van der Waals surface area contributed by atoms with Gasteiger partial charge in [0.05, 0.1) is 6.04 Å². The summed E-state index contributed by atoms with van der Waals surface area (Å²) in [6.07, 6.45) is 2.46. The maximum atomic E-state index is 12.2. The van der Waals surface area contributed by atoms with Crippen LogP contribution in [0.25, 0.3) is 0 Å². The molecule has 2 rings (SSSR count). The molecule has 0 spiro atoms. The van der Waals surface area contributed by atoms with Crippen molar-refractivity contribution < 1.29 is 9.32 Å². The Morgan fingerprint density at radius 2 is 2.05 bits per heavy atom. The van der Waals surface area contributed by atoms with Gasteiger partial charge in [-0.2, -0.15) is 4.98 Å². The normalized spacial score (nSPS) is 17.7. The summed E-state index contributed by atoms with van der Waals surface area (Å²) < 4.78 is 5.21. The van der Waals surface area contributed by atoms with Gasteiger partial charge in [0.2, 0.25) is 11.8 Å². The Morgan fingerprint density at radius 1 is 1.43 bits per heavy atom. The number of nitrogens with two attached hydrogens (primary N) is 1. The number of halogens is 1. The van der Waals surface area contributed by atoms with Crippen LogP contribution in [0.1, 0.15) is 50.7 Å². The molecule has 1 aliphatic heterocycles. The third-order valence-electron chi connectivity index (χ3n) is 3.74. The lowest BCUT2D eigenvalue weighted by atomic mass is 9.95. The molecule has 1 aliphatic rings. The van der Waals surface area contributed by atoms with Crippen LogP contribution < -0.4 is 5.73 Å². The molecule has 0 saturated carbocycles. The predicted molar refractivity (Wildman–Crippen MR) is 82.3 cm³/mol. The highest BCUT2D eigenvalue weighted by Gasteiger charge is 2.29. The topological polar surface area (TPSA) is 85.2 Å². The van der Waals surface area contributed by atoms with E-state index in [1.54, 1.807) is 0 Å². The molecule has 0 unspecified atom stereocenters. The Hall–Kier alpha value is -1.14. The van der Waals surface area contributed by atoms with E-state index in [0.717, 1.165) is 32.4 Å². The summed E-state index contributed by atoms with van der Waals surface area (Å²) in [5, 5.41) is 3.82. The minimum Gasteiger partial charge on any atom is -0.341 e. The Balaban J connectivity index is 0.00000220. The van der Waals surface area contributed by atoms with Crippen LogP contribution >= 0.6 is 12.4 Å². The molecule has 1 aromatic rings. The van der Waals surface area contributed by atoms with Crippen molar-refractivity contribution in [3.05, 3.63) is 11.7 Å². The van der Waals surface area contributed by atoms with Gasteiger partial charge in [0.15, 0.2) is 5.82 Å². The highest BCUT2D eigenvalue weighted by molar-refractivity contribution is 5.85. The maximum Gasteiger partial charge on any atom is 0.239 e. The van der Waals surface area contributed by atoms with Gasteiger partial charge >= 0.3 is 0 Å². The van der Waals surface area contributed by atoms with Gasteiger partial charge in [-0.15, -0.1) is 12.4 Å². The van der Waals surface area contributed by atoms with E-state index in [-0.39, 0.29) is 30.3 Å². The first-order valence-corrected chi connectivity index (χ1v) is 7.32. The molecule has 6 nitrogen and oxygen atoms in total.